The van der Waals surface area contributed by atoms with Crippen molar-refractivity contribution >= 4 is 0 Å². The first-order valence-electron chi connectivity index (χ1n) is 8.08. The summed E-state index contributed by atoms with van der Waals surface area (Å²) in [6, 6.07) is 12.1. The van der Waals surface area contributed by atoms with Crippen molar-refractivity contribution in [2.24, 2.45) is 11.8 Å². The zero-order valence-corrected chi connectivity index (χ0v) is 13.5. The van der Waals surface area contributed by atoms with E-state index in [-0.39, 0.29) is 0 Å². The van der Waals surface area contributed by atoms with Crippen molar-refractivity contribution in [3.8, 4) is 0 Å². The summed E-state index contributed by atoms with van der Waals surface area (Å²) in [4.78, 5) is 2.68. The van der Waals surface area contributed by atoms with E-state index in [1.54, 1.807) is 0 Å². The van der Waals surface area contributed by atoms with Gasteiger partial charge in [0.1, 0.15) is 0 Å². The molecule has 0 bridgehead atoms. The summed E-state index contributed by atoms with van der Waals surface area (Å²) in [5.41, 5.74) is 1.45. The van der Waals surface area contributed by atoms with Crippen LogP contribution in [-0.2, 0) is 0 Å². The molecular weight excluding hydrogens is 244 g/mol. The highest BCUT2D eigenvalue weighted by molar-refractivity contribution is 5.20. The van der Waals surface area contributed by atoms with Crippen LogP contribution in [0.3, 0.4) is 0 Å². The van der Waals surface area contributed by atoms with Crippen LogP contribution in [0.5, 0.6) is 0 Å². The average molecular weight is 274 g/mol. The van der Waals surface area contributed by atoms with Crippen molar-refractivity contribution in [1.29, 1.82) is 0 Å². The fourth-order valence-electron chi connectivity index (χ4n) is 3.28. The lowest BCUT2D eigenvalue weighted by atomic mass is 9.95. The third-order valence-electron chi connectivity index (χ3n) is 4.04. The second-order valence-corrected chi connectivity index (χ2v) is 7.01. The van der Waals surface area contributed by atoms with Crippen LogP contribution in [0, 0.1) is 11.8 Å². The Labute approximate surface area is 124 Å². The maximum Gasteiger partial charge on any atom is 0.0473 e. The van der Waals surface area contributed by atoms with Crippen molar-refractivity contribution < 1.29 is 0 Å². The molecule has 0 spiro atoms. The highest BCUT2D eigenvalue weighted by atomic mass is 15.2. The topological polar surface area (TPSA) is 15.3 Å². The molecule has 1 aliphatic heterocycles. The number of piperazine rings is 1. The Balaban J connectivity index is 2.08. The zero-order chi connectivity index (χ0) is 14.5. The van der Waals surface area contributed by atoms with Gasteiger partial charge in [-0.1, -0.05) is 58.0 Å². The standard InChI is InChI=1S/C18H30N2/c1-14(2)10-17-13-20(12-15(3)4)18(11-19-17)16-8-6-5-7-9-16/h5-9,14-15,17-19H,10-13H2,1-4H3. The van der Waals surface area contributed by atoms with E-state index in [4.69, 9.17) is 0 Å². The van der Waals surface area contributed by atoms with Crippen LogP contribution in [0.4, 0.5) is 0 Å². The largest absolute Gasteiger partial charge is 0.311 e. The molecule has 1 aromatic rings. The van der Waals surface area contributed by atoms with Gasteiger partial charge in [0.25, 0.3) is 0 Å². The average Bonchev–Trinajstić information content (AvgIpc) is 2.38. The van der Waals surface area contributed by atoms with E-state index < -0.39 is 0 Å². The van der Waals surface area contributed by atoms with E-state index in [1.807, 2.05) is 0 Å². The van der Waals surface area contributed by atoms with Gasteiger partial charge in [-0.15, -0.1) is 0 Å². The predicted molar refractivity (Wildman–Crippen MR) is 86.8 cm³/mol. The fraction of sp³-hybridized carbons (Fsp3) is 0.667. The van der Waals surface area contributed by atoms with Gasteiger partial charge in [-0.05, 0) is 23.8 Å². The molecule has 1 heterocycles. The molecule has 1 aliphatic rings. The molecule has 2 unspecified atom stereocenters. The molecule has 20 heavy (non-hydrogen) atoms. The van der Waals surface area contributed by atoms with E-state index in [0.717, 1.165) is 18.4 Å². The summed E-state index contributed by atoms with van der Waals surface area (Å²) in [6.45, 7) is 12.7. The Kier molecular flexibility index (Phi) is 5.62. The van der Waals surface area contributed by atoms with Gasteiger partial charge in [0.05, 0.1) is 0 Å². The molecule has 2 rings (SSSR count). The fourth-order valence-corrected chi connectivity index (χ4v) is 3.28. The summed E-state index contributed by atoms with van der Waals surface area (Å²) < 4.78 is 0. The maximum absolute atomic E-state index is 3.76. The summed E-state index contributed by atoms with van der Waals surface area (Å²) in [5, 5.41) is 3.76. The van der Waals surface area contributed by atoms with Crippen molar-refractivity contribution in [2.45, 2.75) is 46.2 Å². The van der Waals surface area contributed by atoms with Gasteiger partial charge < -0.3 is 5.32 Å². The Morgan fingerprint density at radius 1 is 1.10 bits per heavy atom. The second-order valence-electron chi connectivity index (χ2n) is 7.01. The van der Waals surface area contributed by atoms with Crippen LogP contribution in [-0.4, -0.2) is 30.6 Å². The molecule has 1 fully saturated rings. The second kappa shape index (κ2) is 7.24. The van der Waals surface area contributed by atoms with E-state index in [1.165, 1.54) is 25.1 Å². The molecule has 0 radical (unpaired) electrons. The first kappa shape index (κ1) is 15.5. The summed E-state index contributed by atoms with van der Waals surface area (Å²) >= 11 is 0. The molecule has 2 heteroatoms. The lowest BCUT2D eigenvalue weighted by Gasteiger charge is -2.42. The van der Waals surface area contributed by atoms with Gasteiger partial charge in [0.2, 0.25) is 0 Å². The van der Waals surface area contributed by atoms with Crippen LogP contribution >= 0.6 is 0 Å². The maximum atomic E-state index is 3.76. The Morgan fingerprint density at radius 3 is 2.40 bits per heavy atom. The van der Waals surface area contributed by atoms with Gasteiger partial charge in [0.15, 0.2) is 0 Å². The summed E-state index contributed by atoms with van der Waals surface area (Å²) in [6.07, 6.45) is 1.27. The zero-order valence-electron chi connectivity index (χ0n) is 13.5. The van der Waals surface area contributed by atoms with E-state index in [0.29, 0.717) is 12.1 Å². The van der Waals surface area contributed by atoms with E-state index >= 15 is 0 Å². The monoisotopic (exact) mass is 274 g/mol. The Hall–Kier alpha value is -0.860. The van der Waals surface area contributed by atoms with Crippen LogP contribution in [0.2, 0.25) is 0 Å². The minimum atomic E-state index is 0.530. The molecule has 2 atom stereocenters. The quantitative estimate of drug-likeness (QED) is 0.880. The lowest BCUT2D eigenvalue weighted by molar-refractivity contribution is 0.108. The third kappa shape index (κ3) is 4.32. The van der Waals surface area contributed by atoms with Crippen molar-refractivity contribution in [2.75, 3.05) is 19.6 Å². The number of nitrogens with one attached hydrogen (secondary N) is 1. The number of nitrogens with zero attached hydrogens (tertiary/aromatic N) is 1. The van der Waals surface area contributed by atoms with Crippen LogP contribution in [0.15, 0.2) is 30.3 Å². The van der Waals surface area contributed by atoms with Crippen LogP contribution < -0.4 is 5.32 Å². The molecule has 0 aromatic heterocycles. The number of rotatable bonds is 5. The molecule has 1 aromatic carbocycles. The normalized spacial score (nSPS) is 24.5. The van der Waals surface area contributed by atoms with Crippen molar-refractivity contribution in [3.63, 3.8) is 0 Å². The van der Waals surface area contributed by atoms with Gasteiger partial charge in [-0.25, -0.2) is 0 Å². The first-order valence-corrected chi connectivity index (χ1v) is 8.08. The molecule has 0 aliphatic carbocycles. The molecule has 0 saturated carbocycles. The first-order chi connectivity index (χ1) is 9.56. The third-order valence-corrected chi connectivity index (χ3v) is 4.04. The molecule has 1 N–H and O–H groups in total. The SMILES string of the molecule is CC(C)CC1CN(CC(C)C)C(c2ccccc2)CN1. The summed E-state index contributed by atoms with van der Waals surface area (Å²) in [7, 11) is 0. The van der Waals surface area contributed by atoms with E-state index in [9.17, 15) is 0 Å². The minimum Gasteiger partial charge on any atom is -0.311 e. The van der Waals surface area contributed by atoms with Crippen LogP contribution in [0.1, 0.15) is 45.7 Å². The van der Waals surface area contributed by atoms with Gasteiger partial charge in [0, 0.05) is 31.7 Å². The number of hydrogen-bond donors (Lipinski definition) is 1. The van der Waals surface area contributed by atoms with Crippen LogP contribution in [0.25, 0.3) is 0 Å². The lowest BCUT2D eigenvalue weighted by Crippen LogP contribution is -2.53. The Morgan fingerprint density at radius 2 is 1.80 bits per heavy atom. The minimum absolute atomic E-state index is 0.530. The predicted octanol–water partition coefficient (Wildman–Crippen LogP) is 3.70. The van der Waals surface area contributed by atoms with Crippen molar-refractivity contribution in [1.82, 2.24) is 10.2 Å². The molecule has 1 saturated heterocycles. The molecule has 2 nitrogen and oxygen atoms in total. The summed E-state index contributed by atoms with van der Waals surface area (Å²) in [5.74, 6) is 1.49. The van der Waals surface area contributed by atoms with E-state index in [2.05, 4.69) is 68.2 Å². The van der Waals surface area contributed by atoms with Gasteiger partial charge in [-0.2, -0.15) is 0 Å². The van der Waals surface area contributed by atoms with Crippen molar-refractivity contribution in [3.05, 3.63) is 35.9 Å². The highest BCUT2D eigenvalue weighted by Gasteiger charge is 2.29. The smallest absolute Gasteiger partial charge is 0.0473 e. The molecular formula is C18H30N2. The number of benzene rings is 1. The number of hydrogen-bond acceptors (Lipinski definition) is 2. The van der Waals surface area contributed by atoms with Gasteiger partial charge in [-0.3, -0.25) is 4.90 Å². The highest BCUT2D eigenvalue weighted by Crippen LogP contribution is 2.26. The molecule has 0 amide bonds. The Bertz CT molecular complexity index is 386. The molecule has 112 valence electrons. The van der Waals surface area contributed by atoms with Gasteiger partial charge >= 0.3 is 0 Å².